The normalized spacial score (nSPS) is 10.2. The Morgan fingerprint density at radius 2 is 2.00 bits per heavy atom. The number of nitrogens with two attached hydrogens (primary N) is 1. The van der Waals surface area contributed by atoms with Gasteiger partial charge in [-0.3, -0.25) is 0 Å². The fourth-order valence-corrected chi connectivity index (χ4v) is 1.55. The highest BCUT2D eigenvalue weighted by Crippen LogP contribution is 2.27. The molecule has 0 saturated heterocycles. The van der Waals surface area contributed by atoms with E-state index in [0.29, 0.717) is 18.0 Å². The number of methoxy groups -OCH3 is 2. The highest BCUT2D eigenvalue weighted by molar-refractivity contribution is 5.42. The summed E-state index contributed by atoms with van der Waals surface area (Å²) in [4.78, 5) is 3.86. The second-order valence-electron chi connectivity index (χ2n) is 3.49. The van der Waals surface area contributed by atoms with Crippen LogP contribution >= 0.6 is 0 Å². The predicted octanol–water partition coefficient (Wildman–Crippen LogP) is 0.926. The van der Waals surface area contributed by atoms with E-state index >= 15 is 0 Å². The van der Waals surface area contributed by atoms with E-state index < -0.39 is 0 Å². The molecular weight excluding hydrogens is 220 g/mol. The third kappa shape index (κ3) is 2.47. The van der Waals surface area contributed by atoms with Crippen LogP contribution in [-0.2, 0) is 6.54 Å². The third-order valence-electron chi connectivity index (χ3n) is 2.35. The Labute approximate surface area is 99.0 Å². The lowest BCUT2D eigenvalue weighted by molar-refractivity contribution is 0.354. The number of ether oxygens (including phenoxy) is 2. The molecule has 2 aromatic rings. The summed E-state index contributed by atoms with van der Waals surface area (Å²) < 4.78 is 12.1. The molecule has 0 unspecified atom stereocenters. The van der Waals surface area contributed by atoms with E-state index in [1.165, 1.54) is 0 Å². The zero-order valence-electron chi connectivity index (χ0n) is 9.75. The molecule has 1 heterocycles. The van der Waals surface area contributed by atoms with Crippen molar-refractivity contribution in [1.29, 1.82) is 0 Å². The second kappa shape index (κ2) is 4.73. The Hall–Kier alpha value is -2.24. The number of anilines is 1. The van der Waals surface area contributed by atoms with Gasteiger partial charge in [-0.2, -0.15) is 0 Å². The molecule has 0 bridgehead atoms. The number of hydrogen-bond donors (Lipinski definition) is 1. The van der Waals surface area contributed by atoms with Gasteiger partial charge in [-0.25, -0.2) is 9.67 Å². The molecule has 0 fully saturated rings. The third-order valence-corrected chi connectivity index (χ3v) is 2.35. The Bertz CT molecular complexity index is 510. The minimum atomic E-state index is 0.269. The fraction of sp³-hybridized carbons (Fsp3) is 0.273. The molecule has 2 N–H and O–H groups in total. The van der Waals surface area contributed by atoms with Gasteiger partial charge >= 0.3 is 0 Å². The minimum Gasteiger partial charge on any atom is -0.493 e. The number of benzene rings is 1. The standard InChI is InChI=1S/C11H14N4O2/c1-16-9-4-3-8(5-10(9)17-2)6-15-7-13-11(12)14-15/h3-5,7H,6H2,1-2H3,(H2,12,14). The zero-order chi connectivity index (χ0) is 12.3. The lowest BCUT2D eigenvalue weighted by atomic mass is 10.2. The van der Waals surface area contributed by atoms with Crippen LogP contribution in [0.4, 0.5) is 5.95 Å². The van der Waals surface area contributed by atoms with Gasteiger partial charge in [0.15, 0.2) is 11.5 Å². The van der Waals surface area contributed by atoms with Crippen molar-refractivity contribution in [3.63, 3.8) is 0 Å². The molecule has 0 spiro atoms. The summed E-state index contributed by atoms with van der Waals surface area (Å²) >= 11 is 0. The Kier molecular flexibility index (Phi) is 3.13. The number of nitrogens with zero attached hydrogens (tertiary/aromatic N) is 3. The molecule has 0 aliphatic rings. The number of hydrogen-bond acceptors (Lipinski definition) is 5. The molecule has 17 heavy (non-hydrogen) atoms. The number of aromatic nitrogens is 3. The topological polar surface area (TPSA) is 75.2 Å². The van der Waals surface area contributed by atoms with E-state index in [1.54, 1.807) is 25.2 Å². The summed E-state index contributed by atoms with van der Waals surface area (Å²) in [6.45, 7) is 0.588. The molecule has 1 aromatic heterocycles. The molecule has 90 valence electrons. The quantitative estimate of drug-likeness (QED) is 0.851. The van der Waals surface area contributed by atoms with Crippen LogP contribution in [-0.4, -0.2) is 29.0 Å². The van der Waals surface area contributed by atoms with Crippen LogP contribution in [0.2, 0.25) is 0 Å². The monoisotopic (exact) mass is 234 g/mol. The Balaban J connectivity index is 2.22. The van der Waals surface area contributed by atoms with Gasteiger partial charge in [0, 0.05) is 0 Å². The fourth-order valence-electron chi connectivity index (χ4n) is 1.55. The van der Waals surface area contributed by atoms with Gasteiger partial charge < -0.3 is 15.2 Å². The van der Waals surface area contributed by atoms with Gasteiger partial charge in [-0.1, -0.05) is 6.07 Å². The average Bonchev–Trinajstić information content (AvgIpc) is 2.74. The van der Waals surface area contributed by atoms with E-state index in [4.69, 9.17) is 15.2 Å². The molecule has 0 aliphatic heterocycles. The van der Waals surface area contributed by atoms with Crippen LogP contribution in [0.25, 0.3) is 0 Å². The average molecular weight is 234 g/mol. The van der Waals surface area contributed by atoms with Gasteiger partial charge in [0.05, 0.1) is 20.8 Å². The molecule has 0 atom stereocenters. The SMILES string of the molecule is COc1ccc(Cn2cnc(N)n2)cc1OC. The summed E-state index contributed by atoms with van der Waals surface area (Å²) in [5, 5.41) is 4.02. The van der Waals surface area contributed by atoms with Crippen LogP contribution in [0.3, 0.4) is 0 Å². The molecule has 0 saturated carbocycles. The smallest absolute Gasteiger partial charge is 0.239 e. The van der Waals surface area contributed by atoms with Crippen molar-refractivity contribution < 1.29 is 9.47 Å². The molecule has 1 aromatic carbocycles. The van der Waals surface area contributed by atoms with E-state index in [1.807, 2.05) is 18.2 Å². The summed E-state index contributed by atoms with van der Waals surface area (Å²) in [5.74, 6) is 1.66. The Morgan fingerprint density at radius 1 is 1.24 bits per heavy atom. The molecular formula is C11H14N4O2. The first-order valence-electron chi connectivity index (χ1n) is 5.08. The summed E-state index contributed by atoms with van der Waals surface area (Å²) in [5.41, 5.74) is 6.48. The summed E-state index contributed by atoms with van der Waals surface area (Å²) in [6, 6.07) is 5.70. The lowest BCUT2D eigenvalue weighted by Gasteiger charge is -2.09. The molecule has 0 aliphatic carbocycles. The van der Waals surface area contributed by atoms with Crippen LogP contribution < -0.4 is 15.2 Å². The van der Waals surface area contributed by atoms with Crippen LogP contribution in [0, 0.1) is 0 Å². The van der Waals surface area contributed by atoms with Gasteiger partial charge in [0.1, 0.15) is 6.33 Å². The van der Waals surface area contributed by atoms with Gasteiger partial charge in [0.25, 0.3) is 0 Å². The van der Waals surface area contributed by atoms with E-state index in [-0.39, 0.29) is 5.95 Å². The van der Waals surface area contributed by atoms with Crippen molar-refractivity contribution in [3.8, 4) is 11.5 Å². The maximum absolute atomic E-state index is 5.45. The second-order valence-corrected chi connectivity index (χ2v) is 3.49. The van der Waals surface area contributed by atoms with Gasteiger partial charge in [-0.15, -0.1) is 5.10 Å². The lowest BCUT2D eigenvalue weighted by Crippen LogP contribution is -2.02. The minimum absolute atomic E-state index is 0.269. The van der Waals surface area contributed by atoms with Crippen molar-refractivity contribution >= 4 is 5.95 Å². The summed E-state index contributed by atoms with van der Waals surface area (Å²) in [7, 11) is 3.21. The van der Waals surface area contributed by atoms with E-state index in [9.17, 15) is 0 Å². The maximum Gasteiger partial charge on any atom is 0.239 e. The Morgan fingerprint density at radius 3 is 2.59 bits per heavy atom. The molecule has 0 radical (unpaired) electrons. The molecule has 6 nitrogen and oxygen atoms in total. The first-order chi connectivity index (χ1) is 8.22. The maximum atomic E-state index is 5.45. The highest BCUT2D eigenvalue weighted by Gasteiger charge is 2.05. The van der Waals surface area contributed by atoms with Crippen LogP contribution in [0.15, 0.2) is 24.5 Å². The first-order valence-corrected chi connectivity index (χ1v) is 5.08. The molecule has 2 rings (SSSR count). The van der Waals surface area contributed by atoms with Crippen LogP contribution in [0.1, 0.15) is 5.56 Å². The largest absolute Gasteiger partial charge is 0.493 e. The molecule has 6 heteroatoms. The van der Waals surface area contributed by atoms with Crippen molar-refractivity contribution in [2.45, 2.75) is 6.54 Å². The van der Waals surface area contributed by atoms with Crippen molar-refractivity contribution in [2.24, 2.45) is 0 Å². The summed E-state index contributed by atoms with van der Waals surface area (Å²) in [6.07, 6.45) is 1.59. The first kappa shape index (κ1) is 11.3. The van der Waals surface area contributed by atoms with Crippen molar-refractivity contribution in [3.05, 3.63) is 30.1 Å². The van der Waals surface area contributed by atoms with E-state index in [2.05, 4.69) is 10.1 Å². The number of nitrogen functional groups attached to an aromatic ring is 1. The van der Waals surface area contributed by atoms with Gasteiger partial charge in [-0.05, 0) is 17.7 Å². The van der Waals surface area contributed by atoms with Gasteiger partial charge in [0.2, 0.25) is 5.95 Å². The van der Waals surface area contributed by atoms with E-state index in [0.717, 1.165) is 5.56 Å². The van der Waals surface area contributed by atoms with Crippen LogP contribution in [0.5, 0.6) is 11.5 Å². The number of rotatable bonds is 4. The molecule has 0 amide bonds. The van der Waals surface area contributed by atoms with Crippen molar-refractivity contribution in [2.75, 3.05) is 20.0 Å². The highest BCUT2D eigenvalue weighted by atomic mass is 16.5. The van der Waals surface area contributed by atoms with Crippen molar-refractivity contribution in [1.82, 2.24) is 14.8 Å². The zero-order valence-corrected chi connectivity index (χ0v) is 9.75. The predicted molar refractivity (Wildman–Crippen MR) is 63.1 cm³/mol.